The third kappa shape index (κ3) is 3.74. The van der Waals surface area contributed by atoms with Crippen molar-refractivity contribution in [3.63, 3.8) is 0 Å². The highest BCUT2D eigenvalue weighted by Gasteiger charge is 2.40. The van der Waals surface area contributed by atoms with Gasteiger partial charge in [0.25, 0.3) is 0 Å². The van der Waals surface area contributed by atoms with Crippen molar-refractivity contribution in [1.82, 2.24) is 9.88 Å². The number of aliphatic carboxylic acids is 1. The molecule has 1 aromatic heterocycles. The molecule has 0 radical (unpaired) electrons. The van der Waals surface area contributed by atoms with Gasteiger partial charge in [-0.2, -0.15) is 0 Å². The number of carbonyl (C=O) groups is 2. The van der Waals surface area contributed by atoms with E-state index in [-0.39, 0.29) is 11.8 Å². The molecule has 0 aliphatic carbocycles. The molecule has 1 fully saturated rings. The number of carboxylic acid groups (broad SMARTS) is 1. The fourth-order valence-electron chi connectivity index (χ4n) is 2.72. The number of aromatic nitrogens is 1. The van der Waals surface area contributed by atoms with Gasteiger partial charge in [-0.3, -0.25) is 9.59 Å². The molecule has 116 valence electrons. The van der Waals surface area contributed by atoms with Gasteiger partial charge in [-0.1, -0.05) is 25.4 Å². The Labute approximate surface area is 132 Å². The topological polar surface area (TPSA) is 70.5 Å². The highest BCUT2D eigenvalue weighted by atomic mass is 35.5. The summed E-state index contributed by atoms with van der Waals surface area (Å²) in [5.41, 5.74) is 0. The molecule has 21 heavy (non-hydrogen) atoms. The molecular weight excluding hydrogens is 312 g/mol. The van der Waals surface area contributed by atoms with Gasteiger partial charge in [0.1, 0.15) is 9.34 Å². The average Bonchev–Trinajstić information content (AvgIpc) is 2.74. The Morgan fingerprint density at radius 2 is 2.33 bits per heavy atom. The van der Waals surface area contributed by atoms with Crippen LogP contribution < -0.4 is 0 Å². The molecule has 0 spiro atoms. The van der Waals surface area contributed by atoms with Gasteiger partial charge in [0.2, 0.25) is 5.91 Å². The van der Waals surface area contributed by atoms with E-state index >= 15 is 0 Å². The summed E-state index contributed by atoms with van der Waals surface area (Å²) in [7, 11) is 0. The first-order valence-corrected chi connectivity index (χ1v) is 8.23. The largest absolute Gasteiger partial charge is 0.481 e. The summed E-state index contributed by atoms with van der Waals surface area (Å²) in [4.78, 5) is 29.9. The standard InChI is InChI=1S/C14H19ClN2O3S/c1-8(2)7-17-11(18)5-3-4-9(14(19)20)12(17)13-16-6-10(15)21-13/h6,8-9,12H,3-5,7H2,1-2H3,(H,19,20). The lowest BCUT2D eigenvalue weighted by Gasteiger charge is -2.33. The van der Waals surface area contributed by atoms with Crippen molar-refractivity contribution in [3.05, 3.63) is 15.5 Å². The first-order chi connectivity index (χ1) is 9.90. The van der Waals surface area contributed by atoms with E-state index in [0.29, 0.717) is 35.2 Å². The molecule has 5 nitrogen and oxygen atoms in total. The molecule has 7 heteroatoms. The molecule has 0 saturated carbocycles. The first kappa shape index (κ1) is 16.2. The maximum atomic E-state index is 12.4. The predicted molar refractivity (Wildman–Crippen MR) is 81.4 cm³/mol. The summed E-state index contributed by atoms with van der Waals surface area (Å²) in [5, 5.41) is 10.2. The minimum atomic E-state index is -0.880. The van der Waals surface area contributed by atoms with Crippen molar-refractivity contribution in [2.75, 3.05) is 6.54 Å². The summed E-state index contributed by atoms with van der Waals surface area (Å²) in [5.74, 6) is -1.24. The molecule has 1 aromatic rings. The fraction of sp³-hybridized carbons (Fsp3) is 0.643. The van der Waals surface area contributed by atoms with E-state index in [0.717, 1.165) is 0 Å². The third-order valence-corrected chi connectivity index (χ3v) is 4.76. The summed E-state index contributed by atoms with van der Waals surface area (Å²) >= 11 is 7.20. The number of halogens is 1. The molecule has 2 atom stereocenters. The number of carbonyl (C=O) groups excluding carboxylic acids is 1. The molecule has 1 amide bonds. The fourth-order valence-corrected chi connectivity index (χ4v) is 3.83. The van der Waals surface area contributed by atoms with Crippen LogP contribution in [0.5, 0.6) is 0 Å². The summed E-state index contributed by atoms with van der Waals surface area (Å²) < 4.78 is 0.510. The van der Waals surface area contributed by atoms with Crippen LogP contribution in [0.15, 0.2) is 6.20 Å². The van der Waals surface area contributed by atoms with Crippen LogP contribution in [0.3, 0.4) is 0 Å². The lowest BCUT2D eigenvalue weighted by atomic mass is 9.94. The maximum absolute atomic E-state index is 12.4. The van der Waals surface area contributed by atoms with Gasteiger partial charge >= 0.3 is 5.97 Å². The molecule has 1 saturated heterocycles. The number of likely N-dealkylation sites (tertiary alicyclic amines) is 1. The Morgan fingerprint density at radius 1 is 1.62 bits per heavy atom. The summed E-state index contributed by atoms with van der Waals surface area (Å²) in [6.45, 7) is 4.56. The Hall–Kier alpha value is -1.14. The number of carboxylic acids is 1. The molecule has 1 aliphatic heterocycles. The number of nitrogens with zero attached hydrogens (tertiary/aromatic N) is 2. The second-order valence-corrected chi connectivity index (χ2v) is 7.42. The number of hydrogen-bond donors (Lipinski definition) is 1. The van der Waals surface area contributed by atoms with E-state index < -0.39 is 17.9 Å². The normalized spacial score (nSPS) is 23.4. The first-order valence-electron chi connectivity index (χ1n) is 7.03. The summed E-state index contributed by atoms with van der Waals surface area (Å²) in [6, 6.07) is -0.516. The van der Waals surface area contributed by atoms with Crippen LogP contribution in [0.4, 0.5) is 0 Å². The smallest absolute Gasteiger partial charge is 0.309 e. The Balaban J connectivity index is 2.43. The minimum absolute atomic E-state index is 0.00349. The van der Waals surface area contributed by atoms with Gasteiger partial charge in [-0.05, 0) is 18.8 Å². The monoisotopic (exact) mass is 330 g/mol. The van der Waals surface area contributed by atoms with E-state index in [2.05, 4.69) is 4.98 Å². The minimum Gasteiger partial charge on any atom is -0.481 e. The molecule has 1 N–H and O–H groups in total. The zero-order valence-electron chi connectivity index (χ0n) is 12.1. The van der Waals surface area contributed by atoms with Gasteiger partial charge in [0, 0.05) is 13.0 Å². The van der Waals surface area contributed by atoms with Crippen molar-refractivity contribution in [1.29, 1.82) is 0 Å². The zero-order valence-corrected chi connectivity index (χ0v) is 13.7. The maximum Gasteiger partial charge on any atom is 0.309 e. The van der Waals surface area contributed by atoms with Crippen molar-refractivity contribution in [3.8, 4) is 0 Å². The molecule has 2 heterocycles. The van der Waals surface area contributed by atoms with Crippen LogP contribution in [-0.4, -0.2) is 33.4 Å². The number of amides is 1. The van der Waals surface area contributed by atoms with Crippen LogP contribution in [-0.2, 0) is 9.59 Å². The SMILES string of the molecule is CC(C)CN1C(=O)CCCC(C(=O)O)C1c1ncc(Cl)s1. The number of rotatable bonds is 4. The number of hydrogen-bond acceptors (Lipinski definition) is 4. The van der Waals surface area contributed by atoms with E-state index in [1.165, 1.54) is 17.5 Å². The van der Waals surface area contributed by atoms with Gasteiger partial charge < -0.3 is 10.0 Å². The molecule has 0 aromatic carbocycles. The van der Waals surface area contributed by atoms with E-state index in [9.17, 15) is 14.7 Å². The molecular formula is C14H19ClN2O3S. The lowest BCUT2D eigenvalue weighted by molar-refractivity contribution is -0.146. The molecule has 2 unspecified atom stereocenters. The second-order valence-electron chi connectivity index (χ2n) is 5.72. The lowest BCUT2D eigenvalue weighted by Crippen LogP contribution is -2.41. The van der Waals surface area contributed by atoms with Crippen molar-refractivity contribution in [2.24, 2.45) is 11.8 Å². The Bertz CT molecular complexity index is 532. The van der Waals surface area contributed by atoms with Crippen LogP contribution in [0.2, 0.25) is 4.34 Å². The van der Waals surface area contributed by atoms with Crippen LogP contribution in [0, 0.1) is 11.8 Å². The number of thiazole rings is 1. The summed E-state index contributed by atoms with van der Waals surface area (Å²) in [6.07, 6.45) is 2.99. The van der Waals surface area contributed by atoms with E-state index in [4.69, 9.17) is 11.6 Å². The van der Waals surface area contributed by atoms with E-state index in [1.54, 1.807) is 4.90 Å². The Morgan fingerprint density at radius 3 is 2.86 bits per heavy atom. The van der Waals surface area contributed by atoms with Crippen LogP contribution in [0.1, 0.15) is 44.2 Å². The van der Waals surface area contributed by atoms with Gasteiger partial charge in [-0.25, -0.2) is 4.98 Å². The van der Waals surface area contributed by atoms with Gasteiger partial charge in [0.05, 0.1) is 18.2 Å². The molecule has 2 rings (SSSR count). The van der Waals surface area contributed by atoms with Crippen molar-refractivity contribution < 1.29 is 14.7 Å². The predicted octanol–water partition coefficient (Wildman–Crippen LogP) is 3.21. The highest BCUT2D eigenvalue weighted by molar-refractivity contribution is 7.15. The highest BCUT2D eigenvalue weighted by Crippen LogP contribution is 2.39. The average molecular weight is 331 g/mol. The second kappa shape index (κ2) is 6.75. The van der Waals surface area contributed by atoms with Crippen LogP contribution in [0.25, 0.3) is 0 Å². The van der Waals surface area contributed by atoms with Gasteiger partial charge in [-0.15, -0.1) is 11.3 Å². The molecule has 0 bridgehead atoms. The quantitative estimate of drug-likeness (QED) is 0.920. The van der Waals surface area contributed by atoms with E-state index in [1.807, 2.05) is 13.8 Å². The Kier molecular flexibility index (Phi) is 5.22. The van der Waals surface area contributed by atoms with Crippen molar-refractivity contribution in [2.45, 2.75) is 39.2 Å². The zero-order chi connectivity index (χ0) is 15.6. The molecule has 1 aliphatic rings. The third-order valence-electron chi connectivity index (χ3n) is 3.57. The van der Waals surface area contributed by atoms with Gasteiger partial charge in [0.15, 0.2) is 0 Å². The van der Waals surface area contributed by atoms with Crippen molar-refractivity contribution >= 4 is 34.8 Å². The van der Waals surface area contributed by atoms with Crippen LogP contribution >= 0.6 is 22.9 Å².